The van der Waals surface area contributed by atoms with Gasteiger partial charge in [0, 0.05) is 39.1 Å². The second kappa shape index (κ2) is 9.93. The quantitative estimate of drug-likeness (QED) is 0.733. The Morgan fingerprint density at radius 1 is 1.00 bits per heavy atom. The summed E-state index contributed by atoms with van der Waals surface area (Å²) in [6, 6.07) is 6.11. The van der Waals surface area contributed by atoms with E-state index in [1.807, 2.05) is 11.0 Å². The highest BCUT2D eigenvalue weighted by Crippen LogP contribution is 2.32. The molecule has 9 nitrogen and oxygen atoms in total. The number of carboxylic acid groups (broad SMARTS) is 2. The molecule has 1 fully saturated rings. The third-order valence-corrected chi connectivity index (χ3v) is 4.33. The van der Waals surface area contributed by atoms with Crippen molar-refractivity contribution in [3.63, 3.8) is 0 Å². The third kappa shape index (κ3) is 6.41. The van der Waals surface area contributed by atoms with E-state index in [4.69, 9.17) is 29.3 Å². The number of nitrogens with zero attached hydrogens (tertiary/aromatic N) is 2. The molecule has 0 aliphatic carbocycles. The number of benzene rings is 1. The molecule has 1 aromatic carbocycles. The summed E-state index contributed by atoms with van der Waals surface area (Å²) >= 11 is 0. The number of carbonyl (C=O) groups is 3. The average Bonchev–Trinajstić information content (AvgIpc) is 3.10. The minimum absolute atomic E-state index is 0.290. The van der Waals surface area contributed by atoms with Crippen LogP contribution in [0, 0.1) is 5.92 Å². The molecule has 154 valence electrons. The van der Waals surface area contributed by atoms with Crippen LogP contribution in [0.1, 0.15) is 25.8 Å². The number of piperazine rings is 1. The van der Waals surface area contributed by atoms with E-state index in [9.17, 15) is 4.79 Å². The van der Waals surface area contributed by atoms with Gasteiger partial charge in [0.2, 0.25) is 12.7 Å². The average molecular weight is 394 g/mol. The molecule has 9 heteroatoms. The Hall–Kier alpha value is -2.81. The van der Waals surface area contributed by atoms with E-state index in [2.05, 4.69) is 30.9 Å². The number of hydrogen-bond donors (Lipinski definition) is 2. The topological polar surface area (TPSA) is 117 Å². The lowest BCUT2D eigenvalue weighted by Crippen LogP contribution is -2.48. The number of amides is 1. The van der Waals surface area contributed by atoms with Crippen molar-refractivity contribution in [2.45, 2.75) is 26.8 Å². The van der Waals surface area contributed by atoms with Gasteiger partial charge in [0.25, 0.3) is 0 Å². The van der Waals surface area contributed by atoms with Crippen molar-refractivity contribution >= 4 is 17.8 Å². The third-order valence-electron chi connectivity index (χ3n) is 4.33. The monoisotopic (exact) mass is 394 g/mol. The fraction of sp³-hybridized carbons (Fsp3) is 0.526. The van der Waals surface area contributed by atoms with Gasteiger partial charge in [0.15, 0.2) is 11.5 Å². The van der Waals surface area contributed by atoms with Gasteiger partial charge in [0.1, 0.15) is 0 Å². The van der Waals surface area contributed by atoms with Crippen LogP contribution in [0.4, 0.5) is 0 Å². The molecule has 2 aliphatic heterocycles. The normalized spacial score (nSPS) is 15.8. The maximum Gasteiger partial charge on any atom is 0.414 e. The van der Waals surface area contributed by atoms with Crippen molar-refractivity contribution in [3.8, 4) is 11.5 Å². The molecular weight excluding hydrogens is 368 g/mol. The maximum atomic E-state index is 12.1. The lowest BCUT2D eigenvalue weighted by Gasteiger charge is -2.35. The van der Waals surface area contributed by atoms with Gasteiger partial charge < -0.3 is 24.6 Å². The number of hydrogen-bond acceptors (Lipinski definition) is 6. The minimum atomic E-state index is -1.82. The van der Waals surface area contributed by atoms with E-state index in [0.29, 0.717) is 19.1 Å². The van der Waals surface area contributed by atoms with Crippen molar-refractivity contribution in [3.05, 3.63) is 23.8 Å². The lowest BCUT2D eigenvalue weighted by molar-refractivity contribution is -0.159. The van der Waals surface area contributed by atoms with Gasteiger partial charge in [-0.05, 0) is 23.6 Å². The van der Waals surface area contributed by atoms with Crippen LogP contribution in [0.2, 0.25) is 0 Å². The minimum Gasteiger partial charge on any atom is -0.473 e. The van der Waals surface area contributed by atoms with Gasteiger partial charge in [0.05, 0.1) is 0 Å². The summed E-state index contributed by atoms with van der Waals surface area (Å²) in [4.78, 5) is 34.7. The summed E-state index contributed by atoms with van der Waals surface area (Å²) in [5.74, 6) is -1.27. The second-order valence-corrected chi connectivity index (χ2v) is 7.05. The zero-order valence-corrected chi connectivity index (χ0v) is 16.1. The first-order valence-corrected chi connectivity index (χ1v) is 9.11. The molecule has 0 unspecified atom stereocenters. The first-order chi connectivity index (χ1) is 13.3. The first-order valence-electron chi connectivity index (χ1n) is 9.11. The number of rotatable bonds is 4. The molecule has 0 aromatic heterocycles. The SMILES string of the molecule is CC(C)CC(=O)N1CCN(Cc2ccc3c(c2)OCO3)CC1.O=C(O)C(=O)O. The standard InChI is InChI=1S/C17H24N2O3.C2H2O4/c1-13(2)9-17(20)19-7-5-18(6-8-19)11-14-3-4-15-16(10-14)22-12-21-15;3-1(4)2(5)6/h3-4,10,13H,5-9,11-12H2,1-2H3;(H,3,4)(H,5,6). The molecule has 2 N–H and O–H groups in total. The molecule has 0 saturated carbocycles. The van der Waals surface area contributed by atoms with Gasteiger partial charge in [-0.3, -0.25) is 9.69 Å². The molecule has 2 aliphatic rings. The van der Waals surface area contributed by atoms with Crippen LogP contribution in [0.5, 0.6) is 11.5 Å². The second-order valence-electron chi connectivity index (χ2n) is 7.05. The van der Waals surface area contributed by atoms with E-state index in [1.54, 1.807) is 0 Å². The maximum absolute atomic E-state index is 12.1. The smallest absolute Gasteiger partial charge is 0.414 e. The molecule has 1 amide bonds. The Morgan fingerprint density at radius 3 is 2.18 bits per heavy atom. The van der Waals surface area contributed by atoms with Gasteiger partial charge in [-0.25, -0.2) is 9.59 Å². The van der Waals surface area contributed by atoms with Crippen molar-refractivity contribution in [1.29, 1.82) is 0 Å². The summed E-state index contributed by atoms with van der Waals surface area (Å²) in [7, 11) is 0. The van der Waals surface area contributed by atoms with Crippen LogP contribution in [0.25, 0.3) is 0 Å². The highest BCUT2D eigenvalue weighted by molar-refractivity contribution is 6.27. The van der Waals surface area contributed by atoms with E-state index in [1.165, 1.54) is 5.56 Å². The predicted molar refractivity (Wildman–Crippen MR) is 99.1 cm³/mol. The van der Waals surface area contributed by atoms with E-state index in [-0.39, 0.29) is 5.91 Å². The number of ether oxygens (including phenoxy) is 2. The highest BCUT2D eigenvalue weighted by atomic mass is 16.7. The number of carboxylic acids is 2. The molecule has 0 bridgehead atoms. The molecule has 28 heavy (non-hydrogen) atoms. The molecule has 0 radical (unpaired) electrons. The van der Waals surface area contributed by atoms with Crippen molar-refractivity contribution in [1.82, 2.24) is 9.80 Å². The Labute approximate surface area is 163 Å². The van der Waals surface area contributed by atoms with Crippen LogP contribution < -0.4 is 9.47 Å². The van der Waals surface area contributed by atoms with E-state index in [0.717, 1.165) is 44.2 Å². The summed E-state index contributed by atoms with van der Waals surface area (Å²) in [6.45, 7) is 8.91. The molecule has 1 aromatic rings. The summed E-state index contributed by atoms with van der Waals surface area (Å²) in [5, 5.41) is 14.8. The zero-order valence-electron chi connectivity index (χ0n) is 16.1. The van der Waals surface area contributed by atoms with Crippen LogP contribution >= 0.6 is 0 Å². The molecule has 1 saturated heterocycles. The van der Waals surface area contributed by atoms with E-state index >= 15 is 0 Å². The fourth-order valence-corrected chi connectivity index (χ4v) is 2.93. The van der Waals surface area contributed by atoms with E-state index < -0.39 is 11.9 Å². The fourth-order valence-electron chi connectivity index (χ4n) is 2.93. The zero-order chi connectivity index (χ0) is 20.7. The van der Waals surface area contributed by atoms with Gasteiger partial charge in [-0.1, -0.05) is 19.9 Å². The molecular formula is C19H26N2O7. The molecule has 0 atom stereocenters. The lowest BCUT2D eigenvalue weighted by atomic mass is 10.1. The largest absolute Gasteiger partial charge is 0.473 e. The Kier molecular flexibility index (Phi) is 7.62. The van der Waals surface area contributed by atoms with Crippen molar-refractivity contribution in [2.75, 3.05) is 33.0 Å². The molecule has 0 spiro atoms. The van der Waals surface area contributed by atoms with Crippen LogP contribution in [-0.4, -0.2) is 70.8 Å². The number of carbonyl (C=O) groups excluding carboxylic acids is 1. The Balaban J connectivity index is 0.000000409. The summed E-state index contributed by atoms with van der Waals surface area (Å²) < 4.78 is 10.8. The predicted octanol–water partition coefficient (Wildman–Crippen LogP) is 1.26. The summed E-state index contributed by atoms with van der Waals surface area (Å²) in [6.07, 6.45) is 0.655. The first kappa shape index (κ1) is 21.5. The Morgan fingerprint density at radius 2 is 1.61 bits per heavy atom. The van der Waals surface area contributed by atoms with Crippen molar-refractivity contribution in [2.24, 2.45) is 5.92 Å². The summed E-state index contributed by atoms with van der Waals surface area (Å²) in [5.41, 5.74) is 1.23. The van der Waals surface area contributed by atoms with Crippen LogP contribution in [0.15, 0.2) is 18.2 Å². The Bertz CT molecular complexity index is 700. The van der Waals surface area contributed by atoms with Crippen LogP contribution in [0.3, 0.4) is 0 Å². The number of fused-ring (bicyclic) bond motifs is 1. The highest BCUT2D eigenvalue weighted by Gasteiger charge is 2.22. The number of aliphatic carboxylic acids is 2. The van der Waals surface area contributed by atoms with Crippen molar-refractivity contribution < 1.29 is 34.1 Å². The molecule has 2 heterocycles. The van der Waals surface area contributed by atoms with Gasteiger partial charge in [-0.2, -0.15) is 0 Å². The molecule has 3 rings (SSSR count). The van der Waals surface area contributed by atoms with Crippen LogP contribution in [-0.2, 0) is 20.9 Å². The van der Waals surface area contributed by atoms with Gasteiger partial charge in [-0.15, -0.1) is 0 Å². The van der Waals surface area contributed by atoms with Gasteiger partial charge >= 0.3 is 11.9 Å².